The van der Waals surface area contributed by atoms with E-state index in [1.165, 1.54) is 11.1 Å². The van der Waals surface area contributed by atoms with E-state index in [9.17, 15) is 18.0 Å². The molecule has 0 atom stereocenters. The molecule has 0 aromatic heterocycles. The first-order chi connectivity index (χ1) is 16.4. The molecule has 7 nitrogen and oxygen atoms in total. The number of carbonyl (C=O) groups is 2. The third kappa shape index (κ3) is 5.78. The van der Waals surface area contributed by atoms with Crippen molar-refractivity contribution in [1.82, 2.24) is 9.62 Å². The number of hydrogen-bond acceptors (Lipinski definition) is 4. The molecule has 0 heterocycles. The molecule has 8 heteroatoms. The summed E-state index contributed by atoms with van der Waals surface area (Å²) in [5, 5.41) is 2.85. The summed E-state index contributed by atoms with van der Waals surface area (Å²) >= 11 is 0. The number of urea groups is 1. The fraction of sp³-hybridized carbons (Fsp3) is 0.462. The predicted octanol–water partition coefficient (Wildman–Crippen LogP) is 3.94. The normalized spacial score (nSPS) is 14.4. The van der Waals surface area contributed by atoms with E-state index in [4.69, 9.17) is 0 Å². The second kappa shape index (κ2) is 10.6. The van der Waals surface area contributed by atoms with Gasteiger partial charge >= 0.3 is 6.03 Å². The molecule has 0 fully saturated rings. The van der Waals surface area contributed by atoms with Gasteiger partial charge in [-0.3, -0.25) is 4.79 Å². The molecule has 3 amide bonds. The quantitative estimate of drug-likeness (QED) is 0.565. The summed E-state index contributed by atoms with van der Waals surface area (Å²) in [4.78, 5) is 26.9. The van der Waals surface area contributed by atoms with E-state index >= 15 is 0 Å². The number of carbonyl (C=O) groups excluding carboxylic acids is 2. The standard InChI is InChI=1S/C26H33N3O4S/c1-2-29(18-19-9-4-3-5-10-19)24(30)15-8-16-34(32,33)28-26(31)27-25-22-13-6-11-20(22)17-21-12-7-14-23(21)25/h3-5,9-10,17H,2,6-8,11-16,18H2,1H3,(H2,27,28,31). The first-order valence-corrected chi connectivity index (χ1v) is 13.8. The van der Waals surface area contributed by atoms with Crippen LogP contribution in [-0.4, -0.2) is 37.6 Å². The molecule has 2 aliphatic rings. The van der Waals surface area contributed by atoms with Gasteiger partial charge in [-0.1, -0.05) is 36.4 Å². The Kier molecular flexibility index (Phi) is 7.56. The Hall–Kier alpha value is -2.87. The van der Waals surface area contributed by atoms with Crippen molar-refractivity contribution in [3.05, 3.63) is 64.2 Å². The molecule has 0 spiro atoms. The van der Waals surface area contributed by atoms with Crippen LogP contribution in [0.25, 0.3) is 0 Å². The van der Waals surface area contributed by atoms with Crippen molar-refractivity contribution in [2.45, 2.75) is 64.8 Å². The van der Waals surface area contributed by atoms with Crippen LogP contribution < -0.4 is 10.0 Å². The van der Waals surface area contributed by atoms with Crippen molar-refractivity contribution in [2.24, 2.45) is 0 Å². The zero-order chi connectivity index (χ0) is 24.1. The van der Waals surface area contributed by atoms with Crippen LogP contribution in [0.1, 0.15) is 60.4 Å². The maximum atomic E-state index is 12.6. The van der Waals surface area contributed by atoms with E-state index in [0.717, 1.165) is 60.9 Å². The van der Waals surface area contributed by atoms with E-state index in [2.05, 4.69) is 16.1 Å². The highest BCUT2D eigenvalue weighted by Gasteiger charge is 2.26. The minimum Gasteiger partial charge on any atom is -0.339 e. The zero-order valence-corrected chi connectivity index (χ0v) is 20.5. The van der Waals surface area contributed by atoms with Crippen molar-refractivity contribution in [3.63, 3.8) is 0 Å². The van der Waals surface area contributed by atoms with Gasteiger partial charge in [-0.2, -0.15) is 0 Å². The van der Waals surface area contributed by atoms with Crippen LogP contribution >= 0.6 is 0 Å². The summed E-state index contributed by atoms with van der Waals surface area (Å²) in [5.41, 5.74) is 6.68. The minimum absolute atomic E-state index is 0.0959. The Labute approximate surface area is 202 Å². The molecule has 2 N–H and O–H groups in total. The average molecular weight is 484 g/mol. The van der Waals surface area contributed by atoms with Gasteiger partial charge in [0.25, 0.3) is 0 Å². The molecule has 0 radical (unpaired) electrons. The maximum absolute atomic E-state index is 12.6. The van der Waals surface area contributed by atoms with Gasteiger partial charge in [0.1, 0.15) is 0 Å². The Bertz CT molecular complexity index is 1130. The number of hydrogen-bond donors (Lipinski definition) is 2. The van der Waals surface area contributed by atoms with Gasteiger partial charge in [0.05, 0.1) is 5.75 Å². The highest BCUT2D eigenvalue weighted by molar-refractivity contribution is 7.90. The Morgan fingerprint density at radius 2 is 1.62 bits per heavy atom. The molecule has 2 aromatic rings. The topological polar surface area (TPSA) is 95.6 Å². The van der Waals surface area contributed by atoms with Crippen molar-refractivity contribution in [1.29, 1.82) is 0 Å². The number of benzene rings is 2. The van der Waals surface area contributed by atoms with E-state index < -0.39 is 16.1 Å². The number of amides is 3. The second-order valence-electron chi connectivity index (χ2n) is 9.11. The third-order valence-corrected chi connectivity index (χ3v) is 8.04. The van der Waals surface area contributed by atoms with Gasteiger partial charge in [0, 0.05) is 25.2 Å². The molecule has 0 saturated carbocycles. The van der Waals surface area contributed by atoms with Crippen LogP contribution in [-0.2, 0) is 47.0 Å². The summed E-state index contributed by atoms with van der Waals surface area (Å²) < 4.78 is 27.2. The lowest BCUT2D eigenvalue weighted by Crippen LogP contribution is -2.37. The number of rotatable bonds is 9. The predicted molar refractivity (Wildman–Crippen MR) is 133 cm³/mol. The molecule has 0 aliphatic heterocycles. The highest BCUT2D eigenvalue weighted by Crippen LogP contribution is 2.38. The van der Waals surface area contributed by atoms with Crippen molar-refractivity contribution in [3.8, 4) is 0 Å². The Morgan fingerprint density at radius 3 is 2.24 bits per heavy atom. The monoisotopic (exact) mass is 483 g/mol. The second-order valence-corrected chi connectivity index (χ2v) is 10.9. The number of fused-ring (bicyclic) bond motifs is 2. The first-order valence-electron chi connectivity index (χ1n) is 12.2. The molecule has 4 rings (SSSR count). The van der Waals surface area contributed by atoms with E-state index in [1.807, 2.05) is 37.3 Å². The van der Waals surface area contributed by atoms with Crippen LogP contribution in [0.5, 0.6) is 0 Å². The molecule has 34 heavy (non-hydrogen) atoms. The van der Waals surface area contributed by atoms with Crippen LogP contribution in [0, 0.1) is 0 Å². The molecular formula is C26H33N3O4S. The van der Waals surface area contributed by atoms with E-state index in [-0.39, 0.29) is 24.5 Å². The summed E-state index contributed by atoms with van der Waals surface area (Å²) in [7, 11) is -3.85. The molecule has 0 bridgehead atoms. The fourth-order valence-corrected chi connectivity index (χ4v) is 6.01. The van der Waals surface area contributed by atoms with Crippen LogP contribution in [0.4, 0.5) is 10.5 Å². The van der Waals surface area contributed by atoms with Crippen molar-refractivity contribution >= 4 is 27.6 Å². The molecular weight excluding hydrogens is 450 g/mol. The van der Waals surface area contributed by atoms with Gasteiger partial charge < -0.3 is 10.2 Å². The van der Waals surface area contributed by atoms with Crippen molar-refractivity contribution < 1.29 is 18.0 Å². The largest absolute Gasteiger partial charge is 0.339 e. The lowest BCUT2D eigenvalue weighted by molar-refractivity contribution is -0.131. The van der Waals surface area contributed by atoms with Gasteiger partial charge in [-0.25, -0.2) is 17.9 Å². The summed E-state index contributed by atoms with van der Waals surface area (Å²) in [5.74, 6) is -0.374. The third-order valence-electron chi connectivity index (χ3n) is 6.71. The number of nitrogens with one attached hydrogen (secondary N) is 2. The van der Waals surface area contributed by atoms with Crippen LogP contribution in [0.2, 0.25) is 0 Å². The minimum atomic E-state index is -3.85. The van der Waals surface area contributed by atoms with Crippen LogP contribution in [0.15, 0.2) is 36.4 Å². The lowest BCUT2D eigenvalue weighted by atomic mass is 9.99. The Balaban J connectivity index is 1.30. The number of anilines is 1. The maximum Gasteiger partial charge on any atom is 0.332 e. The van der Waals surface area contributed by atoms with E-state index in [1.54, 1.807) is 4.90 Å². The number of aryl methyl sites for hydroxylation is 2. The number of nitrogens with zero attached hydrogens (tertiary/aromatic N) is 1. The van der Waals surface area contributed by atoms with E-state index in [0.29, 0.717) is 13.1 Å². The molecule has 182 valence electrons. The summed E-state index contributed by atoms with van der Waals surface area (Å²) in [6.45, 7) is 2.95. The molecule has 2 aromatic carbocycles. The molecule has 2 aliphatic carbocycles. The molecule has 0 unspecified atom stereocenters. The van der Waals surface area contributed by atoms with Gasteiger partial charge in [0.15, 0.2) is 0 Å². The number of sulfonamides is 1. The first kappa shape index (κ1) is 24.3. The fourth-order valence-electron chi connectivity index (χ4n) is 5.05. The summed E-state index contributed by atoms with van der Waals surface area (Å²) in [6, 6.07) is 11.2. The van der Waals surface area contributed by atoms with Gasteiger partial charge in [-0.15, -0.1) is 0 Å². The smallest absolute Gasteiger partial charge is 0.332 e. The lowest BCUT2D eigenvalue weighted by Gasteiger charge is -2.21. The Morgan fingerprint density at radius 1 is 0.971 bits per heavy atom. The van der Waals surface area contributed by atoms with Gasteiger partial charge in [0.2, 0.25) is 15.9 Å². The SMILES string of the molecule is CCN(Cc1ccccc1)C(=O)CCCS(=O)(=O)NC(=O)Nc1c2c(cc3c1CCC3)CCC2. The highest BCUT2D eigenvalue weighted by atomic mass is 32.2. The van der Waals surface area contributed by atoms with Crippen molar-refractivity contribution in [2.75, 3.05) is 17.6 Å². The average Bonchev–Trinajstić information content (AvgIpc) is 3.47. The molecule has 0 saturated heterocycles. The zero-order valence-electron chi connectivity index (χ0n) is 19.7. The van der Waals surface area contributed by atoms with Crippen LogP contribution in [0.3, 0.4) is 0 Å². The summed E-state index contributed by atoms with van der Waals surface area (Å²) in [6.07, 6.45) is 6.20. The van der Waals surface area contributed by atoms with Gasteiger partial charge in [-0.05, 0) is 79.7 Å².